The summed E-state index contributed by atoms with van der Waals surface area (Å²) in [7, 11) is 0. The summed E-state index contributed by atoms with van der Waals surface area (Å²) in [5, 5.41) is 10.2. The van der Waals surface area contributed by atoms with Gasteiger partial charge in [0.2, 0.25) is 0 Å². The van der Waals surface area contributed by atoms with Crippen molar-refractivity contribution in [3.05, 3.63) is 64.9 Å². The molecule has 2 aromatic carbocycles. The second-order valence-electron chi connectivity index (χ2n) is 5.80. The van der Waals surface area contributed by atoms with Gasteiger partial charge < -0.3 is 10.0 Å². The van der Waals surface area contributed by atoms with Gasteiger partial charge in [0.15, 0.2) is 0 Å². The Balaban J connectivity index is 1.72. The maximum atomic E-state index is 13.0. The first-order valence-electron chi connectivity index (χ1n) is 7.77. The summed E-state index contributed by atoms with van der Waals surface area (Å²) in [5.41, 5.74) is 1.64. The number of carboxylic acids is 1. The van der Waals surface area contributed by atoms with Crippen molar-refractivity contribution in [1.29, 1.82) is 0 Å². The molecule has 4 nitrogen and oxygen atoms in total. The summed E-state index contributed by atoms with van der Waals surface area (Å²) in [6.07, 6.45) is 0. The highest BCUT2D eigenvalue weighted by atomic mass is 35.5. The molecular weight excluding hydrogens is 331 g/mol. The number of benzene rings is 2. The summed E-state index contributed by atoms with van der Waals surface area (Å²) >= 11 is 6.00. The molecule has 1 unspecified atom stereocenters. The zero-order valence-electron chi connectivity index (χ0n) is 13.0. The summed E-state index contributed by atoms with van der Waals surface area (Å²) in [4.78, 5) is 15.8. The van der Waals surface area contributed by atoms with Crippen molar-refractivity contribution in [2.24, 2.45) is 0 Å². The fraction of sp³-hybridized carbons (Fsp3) is 0.278. The second kappa shape index (κ2) is 7.20. The lowest BCUT2D eigenvalue weighted by Crippen LogP contribution is -2.49. The smallest absolute Gasteiger partial charge is 0.325 e. The molecule has 1 N–H and O–H groups in total. The van der Waals surface area contributed by atoms with Crippen molar-refractivity contribution in [3.63, 3.8) is 0 Å². The van der Waals surface area contributed by atoms with Gasteiger partial charge in [-0.1, -0.05) is 23.7 Å². The zero-order valence-corrected chi connectivity index (χ0v) is 13.8. The van der Waals surface area contributed by atoms with E-state index in [1.54, 1.807) is 36.4 Å². The molecule has 0 spiro atoms. The molecule has 1 atom stereocenters. The van der Waals surface area contributed by atoms with Gasteiger partial charge in [0.25, 0.3) is 0 Å². The number of halogens is 2. The number of carboxylic acid groups (broad SMARTS) is 1. The summed E-state index contributed by atoms with van der Waals surface area (Å²) in [6.45, 7) is 2.60. The largest absolute Gasteiger partial charge is 0.480 e. The monoisotopic (exact) mass is 348 g/mol. The average molecular weight is 349 g/mol. The molecule has 3 rings (SSSR count). The maximum Gasteiger partial charge on any atom is 0.325 e. The second-order valence-corrected chi connectivity index (χ2v) is 6.23. The fourth-order valence-corrected chi connectivity index (χ4v) is 3.28. The number of rotatable bonds is 4. The topological polar surface area (TPSA) is 43.8 Å². The van der Waals surface area contributed by atoms with Crippen LogP contribution in [0.25, 0.3) is 0 Å². The van der Waals surface area contributed by atoms with Crippen LogP contribution in [0.1, 0.15) is 11.6 Å². The molecular formula is C18H18ClFN2O2. The molecule has 126 valence electrons. The van der Waals surface area contributed by atoms with E-state index < -0.39 is 12.0 Å². The summed E-state index contributed by atoms with van der Waals surface area (Å²) < 4.78 is 13.0. The molecule has 1 saturated heterocycles. The molecule has 24 heavy (non-hydrogen) atoms. The molecule has 0 aromatic heterocycles. The lowest BCUT2D eigenvalue weighted by Gasteiger charge is -2.39. The SMILES string of the molecule is O=C(O)C(c1cccc(Cl)c1)N1CCN(c2ccc(F)cc2)CC1. The molecule has 1 heterocycles. The zero-order chi connectivity index (χ0) is 17.1. The lowest BCUT2D eigenvalue weighted by atomic mass is 10.0. The Labute approximate surface area is 145 Å². The van der Waals surface area contributed by atoms with E-state index >= 15 is 0 Å². The number of hydrogen-bond donors (Lipinski definition) is 1. The highest BCUT2D eigenvalue weighted by molar-refractivity contribution is 6.30. The van der Waals surface area contributed by atoms with Gasteiger partial charge in [0, 0.05) is 36.9 Å². The van der Waals surface area contributed by atoms with E-state index in [1.165, 1.54) is 12.1 Å². The molecule has 0 aliphatic carbocycles. The Morgan fingerprint density at radius 1 is 1.08 bits per heavy atom. The van der Waals surface area contributed by atoms with E-state index in [9.17, 15) is 14.3 Å². The van der Waals surface area contributed by atoms with Crippen LogP contribution in [0, 0.1) is 5.82 Å². The Morgan fingerprint density at radius 2 is 1.75 bits per heavy atom. The third-order valence-corrected chi connectivity index (χ3v) is 4.50. The van der Waals surface area contributed by atoms with Crippen LogP contribution in [0.4, 0.5) is 10.1 Å². The van der Waals surface area contributed by atoms with Crippen molar-refractivity contribution in [2.75, 3.05) is 31.1 Å². The molecule has 0 amide bonds. The molecule has 1 aliphatic heterocycles. The summed E-state index contributed by atoms with van der Waals surface area (Å²) in [5.74, 6) is -1.14. The van der Waals surface area contributed by atoms with Gasteiger partial charge in [-0.15, -0.1) is 0 Å². The van der Waals surface area contributed by atoms with Crippen LogP contribution in [-0.4, -0.2) is 42.2 Å². The van der Waals surface area contributed by atoms with E-state index in [-0.39, 0.29) is 5.82 Å². The minimum Gasteiger partial charge on any atom is -0.480 e. The molecule has 0 saturated carbocycles. The quantitative estimate of drug-likeness (QED) is 0.919. The standard InChI is InChI=1S/C18H18ClFN2O2/c19-14-3-1-2-13(12-14)17(18(23)24)22-10-8-21(9-11-22)16-6-4-15(20)5-7-16/h1-7,12,17H,8-11H2,(H,23,24). The van der Waals surface area contributed by atoms with Gasteiger partial charge in [0.1, 0.15) is 11.9 Å². The number of carbonyl (C=O) groups is 1. The predicted octanol–water partition coefficient (Wildman–Crippen LogP) is 3.43. The lowest BCUT2D eigenvalue weighted by molar-refractivity contribution is -0.143. The van der Waals surface area contributed by atoms with E-state index in [2.05, 4.69) is 4.90 Å². The Hall–Kier alpha value is -2.11. The first-order chi connectivity index (χ1) is 11.5. The number of anilines is 1. The molecule has 6 heteroatoms. The first kappa shape index (κ1) is 16.7. The molecule has 2 aromatic rings. The molecule has 0 radical (unpaired) electrons. The van der Waals surface area contributed by atoms with Crippen LogP contribution >= 0.6 is 11.6 Å². The fourth-order valence-electron chi connectivity index (χ4n) is 3.08. The van der Waals surface area contributed by atoms with Crippen LogP contribution in [-0.2, 0) is 4.79 Å². The van der Waals surface area contributed by atoms with E-state index in [0.717, 1.165) is 5.69 Å². The highest BCUT2D eigenvalue weighted by Crippen LogP contribution is 2.26. The predicted molar refractivity (Wildman–Crippen MR) is 92.0 cm³/mol. The number of nitrogens with zero attached hydrogens (tertiary/aromatic N) is 2. The van der Waals surface area contributed by atoms with Crippen molar-refractivity contribution in [2.45, 2.75) is 6.04 Å². The van der Waals surface area contributed by atoms with Gasteiger partial charge in [-0.2, -0.15) is 0 Å². The van der Waals surface area contributed by atoms with Gasteiger partial charge in [-0.25, -0.2) is 4.39 Å². The van der Waals surface area contributed by atoms with Gasteiger partial charge >= 0.3 is 5.97 Å². The maximum absolute atomic E-state index is 13.0. The molecule has 1 fully saturated rings. The van der Waals surface area contributed by atoms with Crippen LogP contribution in [0.2, 0.25) is 5.02 Å². The van der Waals surface area contributed by atoms with Gasteiger partial charge in [0.05, 0.1) is 0 Å². The third kappa shape index (κ3) is 3.68. The van der Waals surface area contributed by atoms with Crippen LogP contribution in [0.15, 0.2) is 48.5 Å². The highest BCUT2D eigenvalue weighted by Gasteiger charge is 2.30. The Bertz CT molecular complexity index is 715. The van der Waals surface area contributed by atoms with E-state index in [0.29, 0.717) is 36.8 Å². The normalized spacial score (nSPS) is 16.8. The average Bonchev–Trinajstić information content (AvgIpc) is 2.56. The van der Waals surface area contributed by atoms with Crippen LogP contribution < -0.4 is 4.90 Å². The minimum absolute atomic E-state index is 0.260. The summed E-state index contributed by atoms with van der Waals surface area (Å²) in [6, 6.07) is 12.6. The van der Waals surface area contributed by atoms with Crippen molar-refractivity contribution < 1.29 is 14.3 Å². The van der Waals surface area contributed by atoms with Crippen molar-refractivity contribution >= 4 is 23.3 Å². The number of aliphatic carboxylic acids is 1. The van der Waals surface area contributed by atoms with Crippen molar-refractivity contribution in [3.8, 4) is 0 Å². The van der Waals surface area contributed by atoms with E-state index in [4.69, 9.17) is 11.6 Å². The number of hydrogen-bond acceptors (Lipinski definition) is 3. The Kier molecular flexibility index (Phi) is 5.02. The van der Waals surface area contributed by atoms with Crippen LogP contribution in [0.5, 0.6) is 0 Å². The van der Waals surface area contributed by atoms with Crippen molar-refractivity contribution in [1.82, 2.24) is 4.90 Å². The third-order valence-electron chi connectivity index (χ3n) is 4.27. The number of piperazine rings is 1. The van der Waals surface area contributed by atoms with Crippen LogP contribution in [0.3, 0.4) is 0 Å². The molecule has 0 bridgehead atoms. The van der Waals surface area contributed by atoms with Gasteiger partial charge in [-0.05, 0) is 42.0 Å². The Morgan fingerprint density at radius 3 is 2.33 bits per heavy atom. The minimum atomic E-state index is -0.882. The van der Waals surface area contributed by atoms with Gasteiger partial charge in [-0.3, -0.25) is 9.69 Å². The molecule has 1 aliphatic rings. The van der Waals surface area contributed by atoms with E-state index in [1.807, 2.05) is 4.90 Å². The first-order valence-corrected chi connectivity index (χ1v) is 8.15.